The van der Waals surface area contributed by atoms with Crippen LogP contribution in [-0.2, 0) is 21.2 Å². The highest BCUT2D eigenvalue weighted by Crippen LogP contribution is 2.24. The van der Waals surface area contributed by atoms with Crippen molar-refractivity contribution in [2.75, 3.05) is 39.4 Å². The molecule has 0 spiro atoms. The van der Waals surface area contributed by atoms with E-state index in [1.807, 2.05) is 6.92 Å². The van der Waals surface area contributed by atoms with Gasteiger partial charge in [-0.25, -0.2) is 13.4 Å². The first-order valence-corrected chi connectivity index (χ1v) is 10.1. The minimum Gasteiger partial charge on any atom is -0.379 e. The molecule has 4 heterocycles. The number of aromatic nitrogens is 2. The Morgan fingerprint density at radius 1 is 1.31 bits per heavy atom. The first kappa shape index (κ1) is 17.4. The number of ether oxygens (including phenoxy) is 1. The van der Waals surface area contributed by atoms with Crippen molar-refractivity contribution in [1.29, 1.82) is 0 Å². The van der Waals surface area contributed by atoms with Crippen molar-refractivity contribution in [3.8, 4) is 0 Å². The molecule has 4 rings (SSSR count). The quantitative estimate of drug-likeness (QED) is 0.749. The third-order valence-electron chi connectivity index (χ3n) is 4.87. The normalized spacial score (nSPS) is 19.7. The molecule has 9 nitrogen and oxygen atoms in total. The van der Waals surface area contributed by atoms with Crippen molar-refractivity contribution < 1.29 is 22.5 Å². The molecule has 0 unspecified atom stereocenters. The highest BCUT2D eigenvalue weighted by atomic mass is 32.2. The van der Waals surface area contributed by atoms with Gasteiger partial charge in [0, 0.05) is 32.4 Å². The van der Waals surface area contributed by atoms with Crippen LogP contribution in [-0.4, -0.2) is 78.3 Å². The monoisotopic (exact) mass is 380 g/mol. The fraction of sp³-hybridized carbons (Fsp3) is 0.562. The standard InChI is InChI=1S/C16H20N4O5S/c1-2-14-13-7-11(8-17-15(13)25-18-14)16(21)19-9-12(10-19)26(22,23)20-3-5-24-6-4-20/h7-8,12H,2-6,9-10H2,1H3. The summed E-state index contributed by atoms with van der Waals surface area (Å²) >= 11 is 0. The number of hydrogen-bond acceptors (Lipinski definition) is 7. The lowest BCUT2D eigenvalue weighted by Gasteiger charge is -2.41. The minimum absolute atomic E-state index is 0.195. The van der Waals surface area contributed by atoms with Gasteiger partial charge in [0.2, 0.25) is 10.0 Å². The maximum atomic E-state index is 12.6. The first-order valence-electron chi connectivity index (χ1n) is 8.61. The van der Waals surface area contributed by atoms with Gasteiger partial charge in [-0.05, 0) is 12.5 Å². The summed E-state index contributed by atoms with van der Waals surface area (Å²) in [5.74, 6) is -0.226. The molecule has 26 heavy (non-hydrogen) atoms. The number of carbonyl (C=O) groups excluding carboxylic acids is 1. The Morgan fingerprint density at radius 3 is 2.73 bits per heavy atom. The predicted molar refractivity (Wildman–Crippen MR) is 92.2 cm³/mol. The maximum Gasteiger partial charge on any atom is 0.257 e. The lowest BCUT2D eigenvalue weighted by atomic mass is 10.1. The Bertz CT molecular complexity index is 929. The van der Waals surface area contributed by atoms with Gasteiger partial charge in [0.05, 0.1) is 29.9 Å². The molecule has 140 valence electrons. The van der Waals surface area contributed by atoms with Gasteiger partial charge in [-0.3, -0.25) is 4.79 Å². The van der Waals surface area contributed by atoms with E-state index in [1.54, 1.807) is 6.07 Å². The first-order chi connectivity index (χ1) is 12.5. The van der Waals surface area contributed by atoms with Gasteiger partial charge >= 0.3 is 0 Å². The van der Waals surface area contributed by atoms with Crippen molar-refractivity contribution in [2.45, 2.75) is 18.6 Å². The number of aryl methyl sites for hydroxylation is 1. The number of hydrogen-bond donors (Lipinski definition) is 0. The van der Waals surface area contributed by atoms with Gasteiger partial charge in [0.25, 0.3) is 11.6 Å². The Balaban J connectivity index is 1.46. The smallest absolute Gasteiger partial charge is 0.257 e. The van der Waals surface area contributed by atoms with E-state index < -0.39 is 15.3 Å². The van der Waals surface area contributed by atoms with Crippen LogP contribution >= 0.6 is 0 Å². The fourth-order valence-electron chi connectivity index (χ4n) is 3.24. The van der Waals surface area contributed by atoms with Crippen LogP contribution in [0.1, 0.15) is 23.0 Å². The van der Waals surface area contributed by atoms with Crippen molar-refractivity contribution in [1.82, 2.24) is 19.3 Å². The van der Waals surface area contributed by atoms with Crippen LogP contribution in [0.3, 0.4) is 0 Å². The summed E-state index contributed by atoms with van der Waals surface area (Å²) in [6.07, 6.45) is 2.12. The number of carbonyl (C=O) groups is 1. The molecule has 0 atom stereocenters. The van der Waals surface area contributed by atoms with Gasteiger partial charge < -0.3 is 14.2 Å². The predicted octanol–water partition coefficient (Wildman–Crippen LogP) is 0.272. The zero-order valence-corrected chi connectivity index (χ0v) is 15.2. The Hall–Kier alpha value is -2.04. The van der Waals surface area contributed by atoms with Crippen molar-refractivity contribution >= 4 is 27.0 Å². The van der Waals surface area contributed by atoms with Crippen LogP contribution < -0.4 is 0 Å². The fourth-order valence-corrected chi connectivity index (χ4v) is 5.05. The molecule has 0 aliphatic carbocycles. The molecule has 0 N–H and O–H groups in total. The molecule has 0 saturated carbocycles. The van der Waals surface area contributed by atoms with Crippen LogP contribution in [0.25, 0.3) is 11.1 Å². The third-order valence-corrected chi connectivity index (χ3v) is 7.10. The van der Waals surface area contributed by atoms with E-state index in [0.717, 1.165) is 11.1 Å². The number of rotatable bonds is 4. The van der Waals surface area contributed by atoms with Crippen molar-refractivity contribution in [2.24, 2.45) is 0 Å². The zero-order valence-electron chi connectivity index (χ0n) is 14.4. The topological polar surface area (TPSA) is 106 Å². The lowest BCUT2D eigenvalue weighted by molar-refractivity contribution is 0.0617. The number of nitrogens with zero attached hydrogens (tertiary/aromatic N) is 4. The summed E-state index contributed by atoms with van der Waals surface area (Å²) in [5, 5.41) is 4.10. The van der Waals surface area contributed by atoms with E-state index >= 15 is 0 Å². The minimum atomic E-state index is -3.39. The number of sulfonamides is 1. The van der Waals surface area contributed by atoms with Crippen LogP contribution in [0.5, 0.6) is 0 Å². The van der Waals surface area contributed by atoms with Crippen LogP contribution in [0, 0.1) is 0 Å². The highest BCUT2D eigenvalue weighted by Gasteiger charge is 2.43. The Morgan fingerprint density at radius 2 is 2.04 bits per heavy atom. The molecule has 0 aromatic carbocycles. The van der Waals surface area contributed by atoms with Crippen molar-refractivity contribution in [3.05, 3.63) is 23.5 Å². The number of fused-ring (bicyclic) bond motifs is 1. The summed E-state index contributed by atoms with van der Waals surface area (Å²) in [6, 6.07) is 1.71. The summed E-state index contributed by atoms with van der Waals surface area (Å²) in [6.45, 7) is 3.92. The molecule has 2 aliphatic heterocycles. The van der Waals surface area contributed by atoms with Gasteiger partial charge in [0.15, 0.2) is 0 Å². The van der Waals surface area contributed by atoms with E-state index in [2.05, 4.69) is 10.1 Å². The summed E-state index contributed by atoms with van der Waals surface area (Å²) < 4.78 is 37.0. The molecule has 2 aliphatic rings. The van der Waals surface area contributed by atoms with Crippen LogP contribution in [0.15, 0.2) is 16.8 Å². The van der Waals surface area contributed by atoms with E-state index in [9.17, 15) is 13.2 Å². The van der Waals surface area contributed by atoms with E-state index in [-0.39, 0.29) is 19.0 Å². The molecular weight excluding hydrogens is 360 g/mol. The van der Waals surface area contributed by atoms with Crippen molar-refractivity contribution in [3.63, 3.8) is 0 Å². The number of likely N-dealkylation sites (tertiary alicyclic amines) is 1. The molecule has 10 heteroatoms. The Labute approximate surface area is 150 Å². The molecule has 1 amide bonds. The van der Waals surface area contributed by atoms with Crippen LogP contribution in [0.2, 0.25) is 0 Å². The van der Waals surface area contributed by atoms with Gasteiger partial charge in [-0.2, -0.15) is 4.31 Å². The summed E-state index contributed by atoms with van der Waals surface area (Å²) in [5.41, 5.74) is 1.56. The average Bonchev–Trinajstić information content (AvgIpc) is 3.03. The lowest BCUT2D eigenvalue weighted by Crippen LogP contribution is -2.60. The number of amides is 1. The van der Waals surface area contributed by atoms with Gasteiger partial charge in [-0.1, -0.05) is 12.1 Å². The highest BCUT2D eigenvalue weighted by molar-refractivity contribution is 7.89. The molecular formula is C16H20N4O5S. The molecule has 0 bridgehead atoms. The summed E-state index contributed by atoms with van der Waals surface area (Å²) in [7, 11) is -3.39. The molecule has 0 radical (unpaired) electrons. The molecule has 2 saturated heterocycles. The van der Waals surface area contributed by atoms with Crippen LogP contribution in [0.4, 0.5) is 0 Å². The van der Waals surface area contributed by atoms with E-state index in [4.69, 9.17) is 9.26 Å². The van der Waals surface area contributed by atoms with E-state index in [1.165, 1.54) is 15.4 Å². The molecule has 2 fully saturated rings. The Kier molecular flexibility index (Phi) is 4.41. The van der Waals surface area contributed by atoms with E-state index in [0.29, 0.717) is 44.0 Å². The SMILES string of the molecule is CCc1noc2ncc(C(=O)N3CC(S(=O)(=O)N4CCOCC4)C3)cc12. The number of pyridine rings is 1. The zero-order chi connectivity index (χ0) is 18.3. The molecule has 2 aromatic rings. The largest absolute Gasteiger partial charge is 0.379 e. The number of morpholine rings is 1. The third kappa shape index (κ3) is 2.87. The van der Waals surface area contributed by atoms with Gasteiger partial charge in [0.1, 0.15) is 5.25 Å². The van der Waals surface area contributed by atoms with Gasteiger partial charge in [-0.15, -0.1) is 0 Å². The second kappa shape index (κ2) is 6.60. The second-order valence-electron chi connectivity index (χ2n) is 6.45. The maximum absolute atomic E-state index is 12.6. The summed E-state index contributed by atoms with van der Waals surface area (Å²) in [4.78, 5) is 18.3. The average molecular weight is 380 g/mol. The second-order valence-corrected chi connectivity index (χ2v) is 8.66. The molecule has 2 aromatic heterocycles.